The number of hydrogen-bond acceptors (Lipinski definition) is 7. The third kappa shape index (κ3) is 10.5. The summed E-state index contributed by atoms with van der Waals surface area (Å²) in [7, 11) is 0. The second kappa shape index (κ2) is 16.2. The van der Waals surface area contributed by atoms with Crippen molar-refractivity contribution in [3.05, 3.63) is 95.1 Å². The Hall–Kier alpha value is -3.70. The largest absolute Gasteiger partial charge is 0.481 e. The van der Waals surface area contributed by atoms with E-state index in [0.29, 0.717) is 38.0 Å². The number of carbonyl (C=O) groups excluding carboxylic acids is 2. The molecule has 3 aromatic carbocycles. The van der Waals surface area contributed by atoms with Gasteiger partial charge in [-0.2, -0.15) is 0 Å². The Labute approximate surface area is 256 Å². The van der Waals surface area contributed by atoms with Gasteiger partial charge in [0.25, 0.3) is 0 Å². The molecule has 0 spiro atoms. The average molecular weight is 607 g/mol. The van der Waals surface area contributed by atoms with Crippen LogP contribution >= 0.6 is 11.8 Å². The molecule has 228 valence electrons. The van der Waals surface area contributed by atoms with Crippen LogP contribution in [0.25, 0.3) is 0 Å². The van der Waals surface area contributed by atoms with Crippen LogP contribution in [0.4, 0.5) is 5.69 Å². The van der Waals surface area contributed by atoms with Gasteiger partial charge in [0.2, 0.25) is 11.8 Å². The van der Waals surface area contributed by atoms with E-state index in [1.165, 1.54) is 6.92 Å². The summed E-state index contributed by atoms with van der Waals surface area (Å²) in [4.78, 5) is 35.1. The standard InChI is InChI=1S/C33H38N2O7S/c1-22(37)35-27-14-16-29(17-15-27)43-21-28-18-30(25-10-8-24(20-36)9-11-25)42-33(41-28)26-12-6-23(7-13-26)19-34-31(38)4-2-3-5-32(39)40/h6-17,28,30,33,36H,2-5,18-21H2,1H3,(H,34,38)(H,35,37)(H,39,40)/t28-,30+,33+/m0/s1. The van der Waals surface area contributed by atoms with Gasteiger partial charge in [-0.05, 0) is 53.8 Å². The number of hydrogen-bond donors (Lipinski definition) is 4. The average Bonchev–Trinajstić information content (AvgIpc) is 3.01. The van der Waals surface area contributed by atoms with Gasteiger partial charge in [-0.1, -0.05) is 48.5 Å². The number of ether oxygens (including phenoxy) is 2. The van der Waals surface area contributed by atoms with Gasteiger partial charge in [0.1, 0.15) is 0 Å². The van der Waals surface area contributed by atoms with Crippen LogP contribution in [0.1, 0.15) is 73.7 Å². The smallest absolute Gasteiger partial charge is 0.303 e. The van der Waals surface area contributed by atoms with E-state index in [-0.39, 0.29) is 37.0 Å². The van der Waals surface area contributed by atoms with Gasteiger partial charge in [0.05, 0.1) is 18.8 Å². The van der Waals surface area contributed by atoms with E-state index in [4.69, 9.17) is 14.6 Å². The maximum atomic E-state index is 12.1. The van der Waals surface area contributed by atoms with Gasteiger partial charge in [-0.3, -0.25) is 14.4 Å². The van der Waals surface area contributed by atoms with Gasteiger partial charge in [0, 0.05) is 54.6 Å². The van der Waals surface area contributed by atoms with E-state index >= 15 is 0 Å². The highest BCUT2D eigenvalue weighted by atomic mass is 32.2. The van der Waals surface area contributed by atoms with Crippen LogP contribution in [-0.4, -0.2) is 39.9 Å². The number of unbranched alkanes of at least 4 members (excludes halogenated alkanes) is 1. The number of rotatable bonds is 14. The highest BCUT2D eigenvalue weighted by Crippen LogP contribution is 2.39. The van der Waals surface area contributed by atoms with Gasteiger partial charge in [-0.25, -0.2) is 0 Å². The Bertz CT molecular complexity index is 1350. The Kier molecular flexibility index (Phi) is 12.2. The van der Waals surface area contributed by atoms with Crippen molar-refractivity contribution in [1.82, 2.24) is 5.32 Å². The molecule has 1 heterocycles. The topological polar surface area (TPSA) is 134 Å². The Morgan fingerprint density at radius 3 is 2.16 bits per heavy atom. The number of aliphatic carboxylic acids is 1. The molecule has 4 rings (SSSR count). The summed E-state index contributed by atoms with van der Waals surface area (Å²) >= 11 is 1.68. The molecule has 9 nitrogen and oxygen atoms in total. The lowest BCUT2D eigenvalue weighted by Gasteiger charge is -2.36. The molecule has 3 atom stereocenters. The van der Waals surface area contributed by atoms with Crippen molar-refractivity contribution in [2.75, 3.05) is 11.1 Å². The van der Waals surface area contributed by atoms with Crippen LogP contribution in [0, 0.1) is 0 Å². The highest BCUT2D eigenvalue weighted by molar-refractivity contribution is 7.99. The van der Waals surface area contributed by atoms with E-state index in [9.17, 15) is 19.5 Å². The van der Waals surface area contributed by atoms with Crippen LogP contribution in [0.5, 0.6) is 0 Å². The fourth-order valence-corrected chi connectivity index (χ4v) is 5.61. The van der Waals surface area contributed by atoms with Crippen molar-refractivity contribution in [3.8, 4) is 0 Å². The number of benzene rings is 3. The van der Waals surface area contributed by atoms with Crippen molar-refractivity contribution >= 4 is 35.2 Å². The Morgan fingerprint density at radius 2 is 1.51 bits per heavy atom. The quantitative estimate of drug-likeness (QED) is 0.135. The predicted octanol–water partition coefficient (Wildman–Crippen LogP) is 5.74. The van der Waals surface area contributed by atoms with E-state index in [0.717, 1.165) is 32.8 Å². The molecule has 4 N–H and O–H groups in total. The minimum atomic E-state index is -0.850. The van der Waals surface area contributed by atoms with Gasteiger partial charge >= 0.3 is 5.97 Å². The lowest BCUT2D eigenvalue weighted by Crippen LogP contribution is -2.31. The SMILES string of the molecule is CC(=O)Nc1ccc(SC[C@@H]2C[C@H](c3ccc(CO)cc3)O[C@H](c3ccc(CNC(=O)CCCCC(=O)O)cc3)O2)cc1. The molecule has 1 fully saturated rings. The molecule has 1 aliphatic heterocycles. The molecule has 3 aromatic rings. The first-order chi connectivity index (χ1) is 20.8. The molecule has 2 amide bonds. The van der Waals surface area contributed by atoms with Crippen molar-refractivity contribution in [3.63, 3.8) is 0 Å². The Balaban J connectivity index is 1.38. The van der Waals surface area contributed by atoms with E-state index in [1.807, 2.05) is 72.8 Å². The van der Waals surface area contributed by atoms with Gasteiger partial charge in [0.15, 0.2) is 6.29 Å². The molecule has 0 unspecified atom stereocenters. The monoisotopic (exact) mass is 606 g/mol. The minimum Gasteiger partial charge on any atom is -0.481 e. The van der Waals surface area contributed by atoms with Crippen molar-refractivity contribution < 1.29 is 34.1 Å². The summed E-state index contributed by atoms with van der Waals surface area (Å²) in [5.41, 5.74) is 4.41. The summed E-state index contributed by atoms with van der Waals surface area (Å²) in [5.74, 6) is -0.352. The van der Waals surface area contributed by atoms with Crippen LogP contribution in [-0.2, 0) is 37.0 Å². The Morgan fingerprint density at radius 1 is 0.860 bits per heavy atom. The summed E-state index contributed by atoms with van der Waals surface area (Å²) in [6.07, 6.45) is 1.19. The number of aliphatic hydroxyl groups excluding tert-OH is 1. The summed E-state index contributed by atoms with van der Waals surface area (Å²) in [6, 6.07) is 23.3. The van der Waals surface area contributed by atoms with Crippen LogP contribution in [0.2, 0.25) is 0 Å². The summed E-state index contributed by atoms with van der Waals surface area (Å²) < 4.78 is 12.9. The molecule has 0 aliphatic carbocycles. The van der Waals surface area contributed by atoms with E-state index < -0.39 is 12.3 Å². The molecule has 0 aromatic heterocycles. The third-order valence-electron chi connectivity index (χ3n) is 7.01. The molecule has 0 bridgehead atoms. The summed E-state index contributed by atoms with van der Waals surface area (Å²) in [5, 5.41) is 23.8. The number of nitrogens with one attached hydrogen (secondary N) is 2. The first-order valence-electron chi connectivity index (χ1n) is 14.4. The van der Waals surface area contributed by atoms with Crippen molar-refractivity contribution in [1.29, 1.82) is 0 Å². The zero-order chi connectivity index (χ0) is 30.6. The minimum absolute atomic E-state index is 0.0188. The number of anilines is 1. The molecule has 1 saturated heterocycles. The second-order valence-corrected chi connectivity index (χ2v) is 11.6. The zero-order valence-corrected chi connectivity index (χ0v) is 25.0. The maximum absolute atomic E-state index is 12.1. The molecule has 0 saturated carbocycles. The van der Waals surface area contributed by atoms with Crippen LogP contribution < -0.4 is 10.6 Å². The number of carbonyl (C=O) groups is 3. The number of carboxylic acids is 1. The van der Waals surface area contributed by atoms with Gasteiger partial charge < -0.3 is 30.3 Å². The number of amides is 2. The lowest BCUT2D eigenvalue weighted by atomic mass is 10.0. The third-order valence-corrected chi connectivity index (χ3v) is 8.16. The van der Waals surface area contributed by atoms with Crippen molar-refractivity contribution in [2.24, 2.45) is 0 Å². The molecular weight excluding hydrogens is 568 g/mol. The first kappa shape index (κ1) is 32.2. The number of thioether (sulfide) groups is 1. The lowest BCUT2D eigenvalue weighted by molar-refractivity contribution is -0.245. The maximum Gasteiger partial charge on any atom is 0.303 e. The first-order valence-corrected chi connectivity index (χ1v) is 15.4. The van der Waals surface area contributed by atoms with Gasteiger partial charge in [-0.15, -0.1) is 11.8 Å². The second-order valence-electron chi connectivity index (χ2n) is 10.5. The van der Waals surface area contributed by atoms with Crippen molar-refractivity contribution in [2.45, 2.75) is 75.6 Å². The van der Waals surface area contributed by atoms with E-state index in [2.05, 4.69) is 10.6 Å². The fraction of sp³-hybridized carbons (Fsp3) is 0.364. The zero-order valence-electron chi connectivity index (χ0n) is 24.2. The van der Waals surface area contributed by atoms with Crippen LogP contribution in [0.3, 0.4) is 0 Å². The van der Waals surface area contributed by atoms with E-state index in [1.54, 1.807) is 11.8 Å². The van der Waals surface area contributed by atoms with Crippen LogP contribution in [0.15, 0.2) is 77.7 Å². The molecule has 10 heteroatoms. The molecular formula is C33H38N2O7S. The number of carboxylic acid groups (broad SMARTS) is 1. The molecule has 43 heavy (non-hydrogen) atoms. The fourth-order valence-electron chi connectivity index (χ4n) is 4.69. The molecule has 1 aliphatic rings. The highest BCUT2D eigenvalue weighted by Gasteiger charge is 2.32. The normalized spacial score (nSPS) is 18.1. The summed E-state index contributed by atoms with van der Waals surface area (Å²) in [6.45, 7) is 1.84. The predicted molar refractivity (Wildman–Crippen MR) is 164 cm³/mol. The number of aliphatic hydroxyl groups is 1. The molecule has 0 radical (unpaired) electrons.